The predicted octanol–water partition coefficient (Wildman–Crippen LogP) is 2.93. The third-order valence-corrected chi connectivity index (χ3v) is 6.40. The van der Waals surface area contributed by atoms with E-state index in [1.54, 1.807) is 14.2 Å². The van der Waals surface area contributed by atoms with Gasteiger partial charge in [0.15, 0.2) is 0 Å². The van der Waals surface area contributed by atoms with Crippen LogP contribution in [0.25, 0.3) is 0 Å². The van der Waals surface area contributed by atoms with Gasteiger partial charge in [0.2, 0.25) is 11.8 Å². The molecule has 2 aromatic rings. The van der Waals surface area contributed by atoms with E-state index in [9.17, 15) is 9.59 Å². The molecule has 1 fully saturated rings. The van der Waals surface area contributed by atoms with Crippen molar-refractivity contribution in [3.8, 4) is 5.75 Å². The zero-order chi connectivity index (χ0) is 20.4. The summed E-state index contributed by atoms with van der Waals surface area (Å²) in [6.45, 7) is 0.939. The molecular weight excluding hydrogens is 364 g/mol. The molecule has 29 heavy (non-hydrogen) atoms. The number of hydrogen-bond acceptors (Lipinski definition) is 3. The number of benzene rings is 2. The molecule has 0 saturated carbocycles. The number of fused-ring (bicyclic) bond motifs is 1. The number of nitrogens with one attached hydrogen (secondary N) is 1. The van der Waals surface area contributed by atoms with Crippen LogP contribution in [0.15, 0.2) is 48.5 Å². The normalized spacial score (nSPS) is 19.2. The number of nitrogens with zero attached hydrogens (tertiary/aromatic N) is 1. The minimum absolute atomic E-state index is 0.00409. The number of rotatable bonds is 6. The molecule has 5 heteroatoms. The molecule has 2 amide bonds. The van der Waals surface area contributed by atoms with Gasteiger partial charge in [-0.15, -0.1) is 0 Å². The lowest BCUT2D eigenvalue weighted by atomic mass is 9.73. The van der Waals surface area contributed by atoms with Crippen LogP contribution in [-0.4, -0.2) is 44.0 Å². The summed E-state index contributed by atoms with van der Waals surface area (Å²) < 4.78 is 5.31. The van der Waals surface area contributed by atoms with Crippen molar-refractivity contribution in [1.29, 1.82) is 0 Å². The van der Waals surface area contributed by atoms with Crippen LogP contribution in [0, 0.1) is 5.41 Å². The summed E-state index contributed by atoms with van der Waals surface area (Å²) in [5, 5.41) is 2.79. The maximum atomic E-state index is 12.9. The van der Waals surface area contributed by atoms with E-state index < -0.39 is 5.41 Å². The number of hydrogen-bond donors (Lipinski definition) is 1. The standard InChI is InChI=1S/C24H28N2O3/c1-25-23(28)24(14-17-6-5-8-20(12-17)29-2)15-26(16-24)22(27)13-19-11-10-18-7-3-4-9-21(18)19/h3-9,12,19H,10-11,13-16H2,1-2H3,(H,25,28). The fourth-order valence-corrected chi connectivity index (χ4v) is 4.83. The molecule has 2 aliphatic rings. The van der Waals surface area contributed by atoms with Gasteiger partial charge in [-0.3, -0.25) is 9.59 Å². The Labute approximate surface area is 172 Å². The quantitative estimate of drug-likeness (QED) is 0.822. The van der Waals surface area contributed by atoms with Gasteiger partial charge >= 0.3 is 0 Å². The second kappa shape index (κ2) is 7.90. The number of carbonyl (C=O) groups is 2. The molecule has 1 aliphatic heterocycles. The van der Waals surface area contributed by atoms with E-state index in [0.717, 1.165) is 24.2 Å². The van der Waals surface area contributed by atoms with Gasteiger partial charge in [0.1, 0.15) is 5.75 Å². The van der Waals surface area contributed by atoms with E-state index in [1.807, 2.05) is 29.2 Å². The summed E-state index contributed by atoms with van der Waals surface area (Å²) in [5.74, 6) is 1.22. The number of likely N-dealkylation sites (tertiary alicyclic amines) is 1. The van der Waals surface area contributed by atoms with Crippen molar-refractivity contribution >= 4 is 11.8 Å². The Bertz CT molecular complexity index is 918. The zero-order valence-corrected chi connectivity index (χ0v) is 17.1. The molecule has 1 N–H and O–H groups in total. The fourth-order valence-electron chi connectivity index (χ4n) is 4.83. The third-order valence-electron chi connectivity index (χ3n) is 6.40. The van der Waals surface area contributed by atoms with Gasteiger partial charge in [0.05, 0.1) is 12.5 Å². The lowest BCUT2D eigenvalue weighted by molar-refractivity contribution is -0.153. The van der Waals surface area contributed by atoms with Crippen molar-refractivity contribution in [2.75, 3.05) is 27.2 Å². The summed E-state index contributed by atoms with van der Waals surface area (Å²) in [7, 11) is 3.30. The molecule has 5 nitrogen and oxygen atoms in total. The van der Waals surface area contributed by atoms with Crippen molar-refractivity contribution < 1.29 is 14.3 Å². The second-order valence-electron chi connectivity index (χ2n) is 8.28. The summed E-state index contributed by atoms with van der Waals surface area (Å²) in [4.78, 5) is 27.4. The topological polar surface area (TPSA) is 58.6 Å². The molecule has 152 valence electrons. The van der Waals surface area contributed by atoms with Crippen LogP contribution in [0.3, 0.4) is 0 Å². The van der Waals surface area contributed by atoms with Crippen LogP contribution in [0.4, 0.5) is 0 Å². The highest BCUT2D eigenvalue weighted by Crippen LogP contribution is 2.39. The van der Waals surface area contributed by atoms with Crippen molar-refractivity contribution in [2.24, 2.45) is 5.41 Å². The summed E-state index contributed by atoms with van der Waals surface area (Å²) in [6.07, 6.45) is 3.20. The van der Waals surface area contributed by atoms with Gasteiger partial charge in [0.25, 0.3) is 0 Å². The van der Waals surface area contributed by atoms with Crippen LogP contribution in [0.5, 0.6) is 5.75 Å². The van der Waals surface area contributed by atoms with E-state index in [2.05, 4.69) is 29.6 Å². The molecule has 1 heterocycles. The van der Waals surface area contributed by atoms with Gasteiger partial charge in [-0.25, -0.2) is 0 Å². The largest absolute Gasteiger partial charge is 0.497 e. The number of ether oxygens (including phenoxy) is 1. The van der Waals surface area contributed by atoms with E-state index in [0.29, 0.717) is 31.8 Å². The van der Waals surface area contributed by atoms with Crippen LogP contribution >= 0.6 is 0 Å². The fraction of sp³-hybridized carbons (Fsp3) is 0.417. The Morgan fingerprint density at radius 2 is 1.97 bits per heavy atom. The molecule has 0 aromatic heterocycles. The average Bonchev–Trinajstić information content (AvgIpc) is 3.12. The van der Waals surface area contributed by atoms with Crippen LogP contribution in [0.2, 0.25) is 0 Å². The van der Waals surface area contributed by atoms with Crippen LogP contribution in [0.1, 0.15) is 35.4 Å². The van der Waals surface area contributed by atoms with Gasteiger partial charge in [-0.2, -0.15) is 0 Å². The lowest BCUT2D eigenvalue weighted by Gasteiger charge is -2.49. The lowest BCUT2D eigenvalue weighted by Crippen LogP contribution is -2.65. The molecule has 0 bridgehead atoms. The van der Waals surface area contributed by atoms with Gasteiger partial charge in [-0.1, -0.05) is 36.4 Å². The number of methoxy groups -OCH3 is 1. The summed E-state index contributed by atoms with van der Waals surface area (Å²) in [5.41, 5.74) is 3.16. The number of carbonyl (C=O) groups excluding carboxylic acids is 2. The average molecular weight is 392 g/mol. The van der Waals surface area contributed by atoms with E-state index >= 15 is 0 Å². The minimum Gasteiger partial charge on any atom is -0.497 e. The van der Waals surface area contributed by atoms with Gasteiger partial charge in [-0.05, 0) is 54.0 Å². The number of aryl methyl sites for hydroxylation is 1. The zero-order valence-electron chi connectivity index (χ0n) is 17.1. The summed E-state index contributed by atoms with van der Waals surface area (Å²) in [6, 6.07) is 16.2. The molecule has 4 rings (SSSR count). The molecule has 2 aromatic carbocycles. The highest BCUT2D eigenvalue weighted by molar-refractivity contribution is 5.88. The smallest absolute Gasteiger partial charge is 0.229 e. The van der Waals surface area contributed by atoms with Crippen LogP contribution in [-0.2, 0) is 22.4 Å². The maximum Gasteiger partial charge on any atom is 0.229 e. The Hall–Kier alpha value is -2.82. The monoisotopic (exact) mass is 392 g/mol. The van der Waals surface area contributed by atoms with Crippen molar-refractivity contribution in [1.82, 2.24) is 10.2 Å². The first-order chi connectivity index (χ1) is 14.0. The highest BCUT2D eigenvalue weighted by Gasteiger charge is 2.50. The van der Waals surface area contributed by atoms with Crippen molar-refractivity contribution in [3.05, 3.63) is 65.2 Å². The molecule has 1 aliphatic carbocycles. The van der Waals surface area contributed by atoms with E-state index in [4.69, 9.17) is 4.74 Å². The molecule has 1 unspecified atom stereocenters. The first-order valence-electron chi connectivity index (χ1n) is 10.3. The van der Waals surface area contributed by atoms with E-state index in [-0.39, 0.29) is 11.8 Å². The summed E-state index contributed by atoms with van der Waals surface area (Å²) >= 11 is 0. The van der Waals surface area contributed by atoms with Crippen molar-refractivity contribution in [3.63, 3.8) is 0 Å². The Balaban J connectivity index is 1.43. The third kappa shape index (κ3) is 3.74. The van der Waals surface area contributed by atoms with Gasteiger partial charge < -0.3 is 15.0 Å². The van der Waals surface area contributed by atoms with Gasteiger partial charge in [0, 0.05) is 26.6 Å². The van der Waals surface area contributed by atoms with E-state index in [1.165, 1.54) is 11.1 Å². The highest BCUT2D eigenvalue weighted by atomic mass is 16.5. The molecule has 0 radical (unpaired) electrons. The molecule has 1 saturated heterocycles. The Kier molecular flexibility index (Phi) is 5.31. The SMILES string of the molecule is CNC(=O)C1(Cc2cccc(OC)c2)CN(C(=O)CC2CCc3ccccc32)C1. The molecule has 0 spiro atoms. The minimum atomic E-state index is -0.565. The Morgan fingerprint density at radius 1 is 1.17 bits per heavy atom. The first kappa shape index (κ1) is 19.5. The predicted molar refractivity (Wildman–Crippen MR) is 112 cm³/mol. The second-order valence-corrected chi connectivity index (χ2v) is 8.28. The maximum absolute atomic E-state index is 12.9. The molecule has 1 atom stereocenters. The van der Waals surface area contributed by atoms with Crippen molar-refractivity contribution in [2.45, 2.75) is 31.6 Å². The Morgan fingerprint density at radius 3 is 2.72 bits per heavy atom. The molecular formula is C24H28N2O3. The van der Waals surface area contributed by atoms with Crippen LogP contribution < -0.4 is 10.1 Å². The first-order valence-corrected chi connectivity index (χ1v) is 10.3. The number of amides is 2.